The number of rotatable bonds is 4. The molecular weight excluding hydrogens is 202 g/mol. The summed E-state index contributed by atoms with van der Waals surface area (Å²) in [6, 6.07) is 0.155. The fraction of sp³-hybridized carbons (Fsp3) is 0.923. The van der Waals surface area contributed by atoms with E-state index < -0.39 is 0 Å². The highest BCUT2D eigenvalue weighted by Gasteiger charge is 2.54. The lowest BCUT2D eigenvalue weighted by Gasteiger charge is -2.41. The van der Waals surface area contributed by atoms with Crippen LogP contribution in [-0.2, 0) is 9.53 Å². The molecule has 0 aromatic rings. The first-order valence-corrected chi connectivity index (χ1v) is 6.44. The van der Waals surface area contributed by atoms with Crippen LogP contribution in [0.2, 0.25) is 0 Å². The lowest BCUT2D eigenvalue weighted by molar-refractivity contribution is -0.145. The zero-order chi connectivity index (χ0) is 11.8. The molecule has 16 heavy (non-hydrogen) atoms. The molecule has 0 amide bonds. The van der Waals surface area contributed by atoms with Gasteiger partial charge in [-0.15, -0.1) is 0 Å². The number of nitrogens with two attached hydrogens (primary N) is 1. The molecule has 4 atom stereocenters. The van der Waals surface area contributed by atoms with Crippen LogP contribution in [0.25, 0.3) is 0 Å². The highest BCUT2D eigenvalue weighted by Crippen LogP contribution is 2.59. The minimum atomic E-state index is -0.0866. The zero-order valence-electron chi connectivity index (χ0n) is 10.4. The van der Waals surface area contributed by atoms with Gasteiger partial charge in [-0.25, -0.2) is 0 Å². The Bertz CT molecular complexity index is 279. The second kappa shape index (κ2) is 4.36. The molecule has 0 aliphatic heterocycles. The zero-order valence-corrected chi connectivity index (χ0v) is 10.4. The molecule has 0 aromatic carbocycles. The molecule has 2 aliphatic rings. The van der Waals surface area contributed by atoms with E-state index in [2.05, 4.69) is 6.92 Å². The predicted octanol–water partition coefficient (Wildman–Crippen LogP) is 2.09. The quantitative estimate of drug-likeness (QED) is 0.745. The van der Waals surface area contributed by atoms with E-state index in [9.17, 15) is 4.79 Å². The number of carbonyl (C=O) groups excluding carboxylic acids is 1. The topological polar surface area (TPSA) is 52.3 Å². The molecule has 0 aromatic heterocycles. The van der Waals surface area contributed by atoms with Gasteiger partial charge in [-0.2, -0.15) is 0 Å². The molecule has 2 rings (SSSR count). The van der Waals surface area contributed by atoms with Crippen LogP contribution in [0.4, 0.5) is 0 Å². The van der Waals surface area contributed by atoms with Crippen LogP contribution in [0.1, 0.15) is 45.4 Å². The van der Waals surface area contributed by atoms with E-state index >= 15 is 0 Å². The number of hydrogen-bond acceptors (Lipinski definition) is 3. The Morgan fingerprint density at radius 2 is 2.31 bits per heavy atom. The first kappa shape index (κ1) is 11.9. The first-order valence-electron chi connectivity index (χ1n) is 6.44. The average Bonchev–Trinajstić information content (AvgIpc) is 2.88. The first-order chi connectivity index (χ1) is 7.62. The van der Waals surface area contributed by atoms with Gasteiger partial charge in [-0.05, 0) is 42.9 Å². The van der Waals surface area contributed by atoms with Crippen LogP contribution >= 0.6 is 0 Å². The summed E-state index contributed by atoms with van der Waals surface area (Å²) in [4.78, 5) is 11.6. The van der Waals surface area contributed by atoms with Crippen LogP contribution in [0.15, 0.2) is 0 Å². The standard InChI is InChI=1S/C13H23NO2/c1-3-11(14)13(8-12(15)16-2)7-9-4-5-10(13)6-9/h9-11H,3-8,14H2,1-2H3. The largest absolute Gasteiger partial charge is 0.469 e. The average molecular weight is 225 g/mol. The van der Waals surface area contributed by atoms with Crippen LogP contribution in [0, 0.1) is 17.3 Å². The van der Waals surface area contributed by atoms with Gasteiger partial charge in [-0.3, -0.25) is 4.79 Å². The second-order valence-electron chi connectivity index (χ2n) is 5.58. The highest BCUT2D eigenvalue weighted by atomic mass is 16.5. The summed E-state index contributed by atoms with van der Waals surface area (Å²) in [5.74, 6) is 1.38. The van der Waals surface area contributed by atoms with Crippen LogP contribution < -0.4 is 5.73 Å². The van der Waals surface area contributed by atoms with E-state index in [1.54, 1.807) is 0 Å². The van der Waals surface area contributed by atoms with Crippen LogP contribution in [0.3, 0.4) is 0 Å². The van der Waals surface area contributed by atoms with E-state index in [0.29, 0.717) is 12.3 Å². The molecular formula is C13H23NO2. The third kappa shape index (κ3) is 1.75. The molecule has 0 heterocycles. The summed E-state index contributed by atoms with van der Waals surface area (Å²) < 4.78 is 4.85. The van der Waals surface area contributed by atoms with Crippen molar-refractivity contribution in [2.24, 2.45) is 23.0 Å². The number of methoxy groups -OCH3 is 1. The van der Waals surface area contributed by atoms with Gasteiger partial charge in [0.1, 0.15) is 0 Å². The van der Waals surface area contributed by atoms with Crippen molar-refractivity contribution in [1.29, 1.82) is 0 Å². The summed E-state index contributed by atoms with van der Waals surface area (Å²) >= 11 is 0. The Kier molecular flexibility index (Phi) is 3.24. The van der Waals surface area contributed by atoms with Crippen LogP contribution in [0.5, 0.6) is 0 Å². The number of ether oxygens (including phenoxy) is 1. The minimum absolute atomic E-state index is 0.0464. The SMILES string of the molecule is CCC(N)C1(CC(=O)OC)CC2CCC1C2. The number of carbonyl (C=O) groups is 1. The lowest BCUT2D eigenvalue weighted by atomic mass is 9.65. The smallest absolute Gasteiger partial charge is 0.306 e. The fourth-order valence-electron chi connectivity index (χ4n) is 4.04. The number of esters is 1. The Balaban J connectivity index is 2.17. The van der Waals surface area contributed by atoms with E-state index in [1.807, 2.05) is 0 Å². The summed E-state index contributed by atoms with van der Waals surface area (Å²) in [5.41, 5.74) is 6.34. The van der Waals surface area contributed by atoms with Crippen molar-refractivity contribution < 1.29 is 9.53 Å². The molecule has 0 saturated heterocycles. The lowest BCUT2D eigenvalue weighted by Crippen LogP contribution is -2.46. The van der Waals surface area contributed by atoms with Crippen molar-refractivity contribution in [3.8, 4) is 0 Å². The third-order valence-electron chi connectivity index (χ3n) is 4.90. The fourth-order valence-corrected chi connectivity index (χ4v) is 4.04. The Morgan fingerprint density at radius 3 is 2.75 bits per heavy atom. The normalized spacial score (nSPS) is 38.7. The van der Waals surface area contributed by atoms with Gasteiger partial charge in [0.25, 0.3) is 0 Å². The minimum Gasteiger partial charge on any atom is -0.469 e. The van der Waals surface area contributed by atoms with Gasteiger partial charge < -0.3 is 10.5 Å². The third-order valence-corrected chi connectivity index (χ3v) is 4.90. The van der Waals surface area contributed by atoms with E-state index in [4.69, 9.17) is 10.5 Å². The Morgan fingerprint density at radius 1 is 1.56 bits per heavy atom. The predicted molar refractivity (Wildman–Crippen MR) is 62.8 cm³/mol. The van der Waals surface area contributed by atoms with Crippen molar-refractivity contribution >= 4 is 5.97 Å². The maximum atomic E-state index is 11.6. The van der Waals surface area contributed by atoms with Crippen molar-refractivity contribution in [1.82, 2.24) is 0 Å². The van der Waals surface area contributed by atoms with Gasteiger partial charge >= 0.3 is 5.97 Å². The van der Waals surface area contributed by atoms with Gasteiger partial charge in [0.05, 0.1) is 13.5 Å². The van der Waals surface area contributed by atoms with Gasteiger partial charge in [0.2, 0.25) is 0 Å². The molecule has 3 nitrogen and oxygen atoms in total. The summed E-state index contributed by atoms with van der Waals surface area (Å²) in [6.45, 7) is 2.12. The molecule has 2 aliphatic carbocycles. The maximum Gasteiger partial charge on any atom is 0.306 e. The summed E-state index contributed by atoms with van der Waals surface area (Å²) in [7, 11) is 1.47. The monoisotopic (exact) mass is 225 g/mol. The maximum absolute atomic E-state index is 11.6. The van der Waals surface area contributed by atoms with Gasteiger partial charge in [0.15, 0.2) is 0 Å². The highest BCUT2D eigenvalue weighted by molar-refractivity contribution is 5.70. The molecule has 3 heteroatoms. The van der Waals surface area contributed by atoms with Crippen molar-refractivity contribution in [3.63, 3.8) is 0 Å². The van der Waals surface area contributed by atoms with Crippen LogP contribution in [-0.4, -0.2) is 19.1 Å². The van der Waals surface area contributed by atoms with Crippen molar-refractivity contribution in [2.75, 3.05) is 7.11 Å². The molecule has 2 saturated carbocycles. The Hall–Kier alpha value is -0.570. The number of fused-ring (bicyclic) bond motifs is 2. The van der Waals surface area contributed by atoms with Crippen molar-refractivity contribution in [2.45, 2.75) is 51.5 Å². The van der Waals surface area contributed by atoms with E-state index in [1.165, 1.54) is 26.4 Å². The van der Waals surface area contributed by atoms with E-state index in [-0.39, 0.29) is 17.4 Å². The molecule has 0 radical (unpaired) electrons. The second-order valence-corrected chi connectivity index (χ2v) is 5.58. The van der Waals surface area contributed by atoms with Gasteiger partial charge in [0, 0.05) is 6.04 Å². The molecule has 2 N–H and O–H groups in total. The summed E-state index contributed by atoms with van der Waals surface area (Å²) in [5, 5.41) is 0. The number of hydrogen-bond donors (Lipinski definition) is 1. The molecule has 0 spiro atoms. The molecule has 2 fully saturated rings. The van der Waals surface area contributed by atoms with E-state index in [0.717, 1.165) is 18.8 Å². The summed E-state index contributed by atoms with van der Waals surface area (Å²) in [6.07, 6.45) is 6.51. The molecule has 92 valence electrons. The molecule has 4 unspecified atom stereocenters. The van der Waals surface area contributed by atoms with Crippen molar-refractivity contribution in [3.05, 3.63) is 0 Å². The Labute approximate surface area is 97.7 Å². The van der Waals surface area contributed by atoms with Gasteiger partial charge in [-0.1, -0.05) is 13.3 Å². The molecule has 2 bridgehead atoms.